The molecule has 0 aromatic rings. The minimum Gasteiger partial charge on any atom is -0.121 e. The third kappa shape index (κ3) is 7.38. The quantitative estimate of drug-likeness (QED) is 0.125. The van der Waals surface area contributed by atoms with E-state index in [9.17, 15) is 0 Å². The zero-order valence-corrected chi connectivity index (χ0v) is 24.1. The van der Waals surface area contributed by atoms with E-state index in [1.165, 1.54) is 50.2 Å². The first-order valence-corrected chi connectivity index (χ1v) is 17.9. The lowest BCUT2D eigenvalue weighted by atomic mass is 10.6. The van der Waals surface area contributed by atoms with Gasteiger partial charge in [-0.05, 0) is 36.9 Å². The zero-order valence-electron chi connectivity index (χ0n) is 13.3. The van der Waals surface area contributed by atoms with Crippen molar-refractivity contribution in [3.8, 4) is 0 Å². The smallest absolute Gasteiger partial charge is 0.0717 e. The van der Waals surface area contributed by atoms with Crippen molar-refractivity contribution in [2.75, 3.05) is 32.9 Å². The van der Waals surface area contributed by atoms with Crippen LogP contribution in [0.2, 0.25) is 0 Å². The van der Waals surface area contributed by atoms with Gasteiger partial charge in [-0.15, -0.1) is 47.0 Å². The second-order valence-corrected chi connectivity index (χ2v) is 16.0. The molecule has 10 heteroatoms. The highest BCUT2D eigenvalue weighted by Gasteiger charge is 2.29. The van der Waals surface area contributed by atoms with Gasteiger partial charge in [0.1, 0.15) is 0 Å². The van der Waals surface area contributed by atoms with Crippen molar-refractivity contribution in [2.45, 2.75) is 12.8 Å². The van der Waals surface area contributed by atoms with Gasteiger partial charge >= 0.3 is 0 Å². The Morgan fingerprint density at radius 1 is 0.667 bits per heavy atom. The van der Waals surface area contributed by atoms with Crippen molar-refractivity contribution in [2.24, 2.45) is 0 Å². The molecule has 136 valence electrons. The van der Waals surface area contributed by atoms with Crippen molar-refractivity contribution in [1.29, 1.82) is 0 Å². The largest absolute Gasteiger partial charge is 0.121 e. The lowest BCUT2D eigenvalue weighted by Crippen LogP contribution is -1.82. The van der Waals surface area contributed by atoms with Crippen LogP contribution >= 0.6 is 139 Å². The molecule has 0 unspecified atom stereocenters. The van der Waals surface area contributed by atoms with Gasteiger partial charge in [-0.3, -0.25) is 0 Å². The molecule has 0 aromatic heterocycles. The number of hydrogen-bond acceptors (Lipinski definition) is 8. The van der Waals surface area contributed by atoms with E-state index in [-0.39, 0.29) is 0 Å². The molecule has 0 aromatic carbocycles. The second-order valence-electron chi connectivity index (χ2n) is 4.32. The van der Waals surface area contributed by atoms with Gasteiger partial charge < -0.3 is 0 Å². The van der Waals surface area contributed by atoms with Gasteiger partial charge in [0.25, 0.3) is 0 Å². The van der Waals surface area contributed by atoms with Crippen molar-refractivity contribution >= 4 is 139 Å². The molecule has 0 saturated carbocycles. The number of thioether (sulfide) groups is 8. The molecule has 0 fully saturated rings. The van der Waals surface area contributed by atoms with E-state index in [4.69, 9.17) is 0 Å². The second kappa shape index (κ2) is 13.7. The Morgan fingerprint density at radius 3 is 1.38 bits per heavy atom. The van der Waals surface area contributed by atoms with E-state index in [1.807, 2.05) is 70.6 Å². The Bertz CT molecular complexity index is 487. The highest BCUT2D eigenvalue weighted by molar-refractivity contribution is 14.1. The van der Waals surface area contributed by atoms with Crippen LogP contribution in [0.5, 0.6) is 0 Å². The van der Waals surface area contributed by atoms with Crippen LogP contribution in [0.1, 0.15) is 12.8 Å². The molecule has 0 amide bonds. The van der Waals surface area contributed by atoms with Gasteiger partial charge in [-0.2, -0.15) is 0 Å². The molecule has 0 aliphatic carbocycles. The summed E-state index contributed by atoms with van der Waals surface area (Å²) >= 11 is 20.9. The molecule has 24 heavy (non-hydrogen) atoms. The van der Waals surface area contributed by atoms with Crippen LogP contribution in [0, 0.1) is 0 Å². The molecule has 2 aliphatic rings. The van der Waals surface area contributed by atoms with Crippen LogP contribution < -0.4 is 0 Å². The molecule has 0 N–H and O–H groups in total. The third-order valence-electron chi connectivity index (χ3n) is 2.63. The number of halogens is 2. The average molecular weight is 697 g/mol. The highest BCUT2D eigenvalue weighted by atomic mass is 127. The predicted octanol–water partition coefficient (Wildman–Crippen LogP) is 9.17. The predicted molar refractivity (Wildman–Crippen MR) is 150 cm³/mol. The van der Waals surface area contributed by atoms with Crippen molar-refractivity contribution in [3.05, 3.63) is 25.4 Å². The van der Waals surface area contributed by atoms with Crippen LogP contribution in [-0.2, 0) is 0 Å². The van der Waals surface area contributed by atoms with E-state index < -0.39 is 0 Å². The fourth-order valence-electron chi connectivity index (χ4n) is 1.58. The molecule has 2 aliphatic heterocycles. The third-order valence-corrected chi connectivity index (χ3v) is 15.6. The molecule has 2 rings (SSSR count). The first kappa shape index (κ1) is 23.8. The molecule has 0 saturated heterocycles. The van der Waals surface area contributed by atoms with Crippen molar-refractivity contribution < 1.29 is 0 Å². The fraction of sp³-hybridized carbons (Fsp3) is 0.571. The maximum Gasteiger partial charge on any atom is 0.0717 e. The maximum atomic E-state index is 2.48. The summed E-state index contributed by atoms with van der Waals surface area (Å²) in [6.45, 7) is 0. The van der Waals surface area contributed by atoms with Crippen LogP contribution in [0.25, 0.3) is 0 Å². The summed E-state index contributed by atoms with van der Waals surface area (Å²) < 4.78 is 11.6. The van der Waals surface area contributed by atoms with Crippen molar-refractivity contribution in [3.63, 3.8) is 0 Å². The van der Waals surface area contributed by atoms with Gasteiger partial charge in [0.15, 0.2) is 0 Å². The summed E-state index contributed by atoms with van der Waals surface area (Å²) in [6, 6.07) is 0. The zero-order chi connectivity index (χ0) is 17.4. The normalized spacial score (nSPS) is 18.5. The standard InChI is InChI=1S/C14H18I2S8/c1-17-9-10(18-2)22-13(21-9)14-23-11(19-7-3-5-15)12(24-14)20-8-4-6-16/h3-8H2,1-2H3. The molecular weight excluding hydrogens is 678 g/mol. The first-order valence-electron chi connectivity index (χ1n) is 7.13. The fourth-order valence-corrected chi connectivity index (χ4v) is 14.5. The van der Waals surface area contributed by atoms with E-state index in [0.717, 1.165) is 0 Å². The summed E-state index contributed by atoms with van der Waals surface area (Å²) in [7, 11) is 0. The molecule has 0 radical (unpaired) electrons. The average Bonchev–Trinajstić information content (AvgIpc) is 3.19. The molecule has 2 heterocycles. The first-order chi connectivity index (χ1) is 11.7. The van der Waals surface area contributed by atoms with Crippen molar-refractivity contribution in [1.82, 2.24) is 0 Å². The van der Waals surface area contributed by atoms with Crippen LogP contribution in [0.15, 0.2) is 25.4 Å². The Morgan fingerprint density at radius 2 is 1.04 bits per heavy atom. The summed E-state index contributed by atoms with van der Waals surface area (Å²) in [5.74, 6) is 2.49. The summed E-state index contributed by atoms with van der Waals surface area (Å²) in [5.41, 5.74) is 0. The summed E-state index contributed by atoms with van der Waals surface area (Å²) in [5, 5.41) is 0. The summed E-state index contributed by atoms with van der Waals surface area (Å²) in [4.78, 5) is 0. The Labute approximate surface area is 207 Å². The molecule has 0 atom stereocenters. The van der Waals surface area contributed by atoms with Gasteiger partial charge in [-0.1, -0.05) is 92.2 Å². The molecule has 0 nitrogen and oxygen atoms in total. The van der Waals surface area contributed by atoms with Gasteiger partial charge in [0, 0.05) is 8.86 Å². The highest BCUT2D eigenvalue weighted by Crippen LogP contribution is 2.65. The topological polar surface area (TPSA) is 0 Å². The monoisotopic (exact) mass is 696 g/mol. The maximum absolute atomic E-state index is 2.48. The molecule has 0 bridgehead atoms. The van der Waals surface area contributed by atoms with E-state index in [2.05, 4.69) is 81.2 Å². The Balaban J connectivity index is 2.04. The number of rotatable bonds is 10. The summed E-state index contributed by atoms with van der Waals surface area (Å²) in [6.07, 6.45) is 6.98. The lowest BCUT2D eigenvalue weighted by Gasteiger charge is -2.03. The molecular formula is C14H18I2S8. The van der Waals surface area contributed by atoms with Gasteiger partial charge in [0.2, 0.25) is 0 Å². The Kier molecular flexibility index (Phi) is 13.5. The van der Waals surface area contributed by atoms with Crippen LogP contribution in [-0.4, -0.2) is 32.9 Å². The number of hydrogen-bond donors (Lipinski definition) is 0. The number of alkyl halides is 2. The van der Waals surface area contributed by atoms with E-state index >= 15 is 0 Å². The van der Waals surface area contributed by atoms with Gasteiger partial charge in [0.05, 0.1) is 25.4 Å². The lowest BCUT2D eigenvalue weighted by molar-refractivity contribution is 1.15. The van der Waals surface area contributed by atoms with E-state index in [0.29, 0.717) is 0 Å². The Hall–Kier alpha value is 3.48. The van der Waals surface area contributed by atoms with E-state index in [1.54, 1.807) is 8.47 Å². The molecule has 0 spiro atoms. The van der Waals surface area contributed by atoms with Crippen LogP contribution in [0.4, 0.5) is 0 Å². The minimum absolute atomic E-state index is 1.25. The van der Waals surface area contributed by atoms with Crippen LogP contribution in [0.3, 0.4) is 0 Å². The minimum atomic E-state index is 1.25. The van der Waals surface area contributed by atoms with Gasteiger partial charge in [-0.25, -0.2) is 0 Å². The SMILES string of the molecule is CSC1=C(SC)SC(=C2SC(SCCCI)=C(SCCCI)S2)S1.